The summed E-state index contributed by atoms with van der Waals surface area (Å²) < 4.78 is 2.34. The zero-order valence-corrected chi connectivity index (χ0v) is 15.3. The van der Waals surface area contributed by atoms with Crippen LogP contribution < -0.4 is 0 Å². The Bertz CT molecular complexity index is 968. The van der Waals surface area contributed by atoms with Crippen LogP contribution in [0.2, 0.25) is 0 Å². The largest absolute Gasteiger partial charge is 0.337 e. The quantitative estimate of drug-likeness (QED) is 0.752. The van der Waals surface area contributed by atoms with Gasteiger partial charge in [-0.15, -0.1) is 10.2 Å². The van der Waals surface area contributed by atoms with E-state index in [4.69, 9.17) is 0 Å². The molecule has 0 aromatic carbocycles. The number of aromatic amines is 1. The summed E-state index contributed by atoms with van der Waals surface area (Å²) in [5.41, 5.74) is 1.13. The molecule has 140 valence electrons. The molecule has 0 unspecified atom stereocenters. The first kappa shape index (κ1) is 16.4. The maximum atomic E-state index is 12.8. The van der Waals surface area contributed by atoms with Gasteiger partial charge in [-0.05, 0) is 37.8 Å². The minimum atomic E-state index is -0.00924. The van der Waals surface area contributed by atoms with Gasteiger partial charge >= 0.3 is 0 Å². The number of aryl methyl sites for hydroxylation is 1. The number of hydrogen-bond donors (Lipinski definition) is 1. The SMILES string of the molecule is O=C(c1ccc2cn[nH]c2n1)N1CCC(c2nnc3n2CCCCC3)CC1. The van der Waals surface area contributed by atoms with Crippen molar-refractivity contribution in [3.8, 4) is 0 Å². The lowest BCUT2D eigenvalue weighted by atomic mass is 9.95. The molecule has 3 aromatic rings. The highest BCUT2D eigenvalue weighted by atomic mass is 16.2. The predicted molar refractivity (Wildman–Crippen MR) is 99.3 cm³/mol. The van der Waals surface area contributed by atoms with Gasteiger partial charge in [-0.25, -0.2) is 4.98 Å². The molecule has 0 aliphatic carbocycles. The number of likely N-dealkylation sites (tertiary alicyclic amines) is 1. The third-order valence-corrected chi connectivity index (χ3v) is 5.81. The van der Waals surface area contributed by atoms with Crippen molar-refractivity contribution in [1.29, 1.82) is 0 Å². The van der Waals surface area contributed by atoms with Gasteiger partial charge in [0, 0.05) is 37.4 Å². The number of piperidine rings is 1. The summed E-state index contributed by atoms with van der Waals surface area (Å²) in [7, 11) is 0. The fourth-order valence-corrected chi connectivity index (χ4v) is 4.26. The van der Waals surface area contributed by atoms with Crippen LogP contribution in [0.1, 0.15) is 60.2 Å². The van der Waals surface area contributed by atoms with E-state index in [2.05, 4.69) is 29.9 Å². The van der Waals surface area contributed by atoms with Crippen molar-refractivity contribution in [1.82, 2.24) is 34.8 Å². The molecule has 0 radical (unpaired) electrons. The number of carbonyl (C=O) groups excluding carboxylic acids is 1. The highest BCUT2D eigenvalue weighted by Gasteiger charge is 2.29. The Balaban J connectivity index is 1.28. The minimum Gasteiger partial charge on any atom is -0.337 e. The molecule has 3 aromatic heterocycles. The number of rotatable bonds is 2. The summed E-state index contributed by atoms with van der Waals surface area (Å²) in [5, 5.41) is 16.6. The van der Waals surface area contributed by atoms with Crippen LogP contribution in [0.15, 0.2) is 18.3 Å². The predicted octanol–water partition coefficient (Wildman–Crippen LogP) is 2.30. The van der Waals surface area contributed by atoms with E-state index < -0.39 is 0 Å². The normalized spacial score (nSPS) is 18.4. The Morgan fingerprint density at radius 1 is 1.07 bits per heavy atom. The maximum absolute atomic E-state index is 12.8. The molecule has 5 heterocycles. The van der Waals surface area contributed by atoms with E-state index >= 15 is 0 Å². The fourth-order valence-electron chi connectivity index (χ4n) is 4.26. The van der Waals surface area contributed by atoms with Crippen LogP contribution in [0.4, 0.5) is 0 Å². The molecular formula is C19H23N7O. The number of H-pyrrole nitrogens is 1. The smallest absolute Gasteiger partial charge is 0.272 e. The summed E-state index contributed by atoms with van der Waals surface area (Å²) >= 11 is 0. The Kier molecular flexibility index (Phi) is 4.10. The van der Waals surface area contributed by atoms with Gasteiger partial charge in [-0.3, -0.25) is 9.89 Å². The Hall–Kier alpha value is -2.77. The van der Waals surface area contributed by atoms with Gasteiger partial charge in [0.25, 0.3) is 5.91 Å². The molecule has 5 rings (SSSR count). The van der Waals surface area contributed by atoms with Crippen molar-refractivity contribution in [2.45, 2.75) is 51.0 Å². The number of hydrogen-bond acceptors (Lipinski definition) is 5. The van der Waals surface area contributed by atoms with E-state index in [-0.39, 0.29) is 5.91 Å². The van der Waals surface area contributed by atoms with Crippen molar-refractivity contribution in [2.24, 2.45) is 0 Å². The molecule has 1 amide bonds. The number of carbonyl (C=O) groups is 1. The standard InChI is InChI=1S/C19H23N7O/c27-19(15-6-5-14-12-20-23-17(14)21-15)25-10-7-13(8-11-25)18-24-22-16-4-2-1-3-9-26(16)18/h5-6,12-13H,1-4,7-11H2,(H,20,21,23). The van der Waals surface area contributed by atoms with Crippen LogP contribution in [-0.4, -0.2) is 53.8 Å². The second kappa shape index (κ2) is 6.75. The van der Waals surface area contributed by atoms with Gasteiger partial charge in [-0.1, -0.05) is 6.42 Å². The summed E-state index contributed by atoms with van der Waals surface area (Å²) in [4.78, 5) is 19.1. The monoisotopic (exact) mass is 365 g/mol. The molecule has 1 N–H and O–H groups in total. The Morgan fingerprint density at radius 3 is 2.85 bits per heavy atom. The van der Waals surface area contributed by atoms with E-state index in [1.807, 2.05) is 11.0 Å². The van der Waals surface area contributed by atoms with Crippen molar-refractivity contribution < 1.29 is 4.79 Å². The average molecular weight is 365 g/mol. The van der Waals surface area contributed by atoms with Gasteiger partial charge in [0.05, 0.1) is 6.20 Å². The number of fused-ring (bicyclic) bond motifs is 2. The second-order valence-electron chi connectivity index (χ2n) is 7.51. The number of pyridine rings is 1. The molecule has 8 nitrogen and oxygen atoms in total. The van der Waals surface area contributed by atoms with Crippen LogP contribution in [0.5, 0.6) is 0 Å². The van der Waals surface area contributed by atoms with Gasteiger partial charge in [0.15, 0.2) is 5.65 Å². The summed E-state index contributed by atoms with van der Waals surface area (Å²) in [5.74, 6) is 2.63. The van der Waals surface area contributed by atoms with Crippen molar-refractivity contribution in [3.05, 3.63) is 35.7 Å². The molecule has 27 heavy (non-hydrogen) atoms. The van der Waals surface area contributed by atoms with Gasteiger partial charge < -0.3 is 9.47 Å². The zero-order valence-electron chi connectivity index (χ0n) is 15.3. The highest BCUT2D eigenvalue weighted by molar-refractivity contribution is 5.94. The molecule has 0 atom stereocenters. The summed E-state index contributed by atoms with van der Waals surface area (Å²) in [6.07, 6.45) is 8.28. The molecule has 0 spiro atoms. The average Bonchev–Trinajstić information content (AvgIpc) is 3.28. The van der Waals surface area contributed by atoms with E-state index in [0.717, 1.165) is 55.9 Å². The molecular weight excluding hydrogens is 342 g/mol. The van der Waals surface area contributed by atoms with Gasteiger partial charge in [0.2, 0.25) is 0 Å². The van der Waals surface area contributed by atoms with Gasteiger partial charge in [0.1, 0.15) is 17.3 Å². The second-order valence-corrected chi connectivity index (χ2v) is 7.51. The third kappa shape index (κ3) is 2.98. The van der Waals surface area contributed by atoms with Crippen LogP contribution in [-0.2, 0) is 13.0 Å². The zero-order chi connectivity index (χ0) is 18.2. The van der Waals surface area contributed by atoms with E-state index in [1.165, 1.54) is 19.3 Å². The van der Waals surface area contributed by atoms with Gasteiger partial charge in [-0.2, -0.15) is 5.10 Å². The lowest BCUT2D eigenvalue weighted by molar-refractivity contribution is 0.0704. The Labute approximate surface area is 157 Å². The molecule has 1 saturated heterocycles. The molecule has 2 aliphatic heterocycles. The summed E-state index contributed by atoms with van der Waals surface area (Å²) in [6.45, 7) is 2.49. The van der Waals surface area contributed by atoms with E-state index in [1.54, 1.807) is 12.3 Å². The van der Waals surface area contributed by atoms with Crippen LogP contribution in [0.25, 0.3) is 11.0 Å². The lowest BCUT2D eigenvalue weighted by Gasteiger charge is -2.31. The number of nitrogens with one attached hydrogen (secondary N) is 1. The first-order chi connectivity index (χ1) is 13.3. The molecule has 2 aliphatic rings. The first-order valence-corrected chi connectivity index (χ1v) is 9.81. The third-order valence-electron chi connectivity index (χ3n) is 5.81. The minimum absolute atomic E-state index is 0.00924. The maximum Gasteiger partial charge on any atom is 0.272 e. The fraction of sp³-hybridized carbons (Fsp3) is 0.526. The van der Waals surface area contributed by atoms with Crippen LogP contribution in [0.3, 0.4) is 0 Å². The lowest BCUT2D eigenvalue weighted by Crippen LogP contribution is -2.38. The first-order valence-electron chi connectivity index (χ1n) is 9.81. The topological polar surface area (TPSA) is 92.6 Å². The molecule has 0 saturated carbocycles. The molecule has 1 fully saturated rings. The van der Waals surface area contributed by atoms with E-state index in [9.17, 15) is 4.79 Å². The van der Waals surface area contributed by atoms with E-state index in [0.29, 0.717) is 17.3 Å². The number of nitrogens with zero attached hydrogens (tertiary/aromatic N) is 6. The summed E-state index contributed by atoms with van der Waals surface area (Å²) in [6, 6.07) is 3.67. The van der Waals surface area contributed by atoms with Crippen molar-refractivity contribution in [2.75, 3.05) is 13.1 Å². The van der Waals surface area contributed by atoms with Crippen molar-refractivity contribution >= 4 is 16.9 Å². The molecule has 0 bridgehead atoms. The Morgan fingerprint density at radius 2 is 1.96 bits per heavy atom. The van der Waals surface area contributed by atoms with Crippen LogP contribution >= 0.6 is 0 Å². The number of aromatic nitrogens is 6. The highest BCUT2D eigenvalue weighted by Crippen LogP contribution is 2.29. The number of amides is 1. The van der Waals surface area contributed by atoms with Crippen LogP contribution in [0, 0.1) is 0 Å². The van der Waals surface area contributed by atoms with Crippen molar-refractivity contribution in [3.63, 3.8) is 0 Å². The molecule has 8 heteroatoms.